The molecule has 0 aliphatic carbocycles. The Morgan fingerprint density at radius 3 is 2.32 bits per heavy atom. The minimum absolute atomic E-state index is 0.0676. The molecule has 0 atom stereocenters. The molecule has 7 nitrogen and oxygen atoms in total. The summed E-state index contributed by atoms with van der Waals surface area (Å²) in [6, 6.07) is 13.5. The van der Waals surface area contributed by atoms with Crippen molar-refractivity contribution in [3.05, 3.63) is 58.5 Å². The average molecular weight is 424 g/mol. The van der Waals surface area contributed by atoms with E-state index in [1.165, 1.54) is 0 Å². The van der Waals surface area contributed by atoms with Gasteiger partial charge in [0.05, 0.1) is 16.6 Å². The topological polar surface area (TPSA) is 74.5 Å². The standard InChI is InChI=1S/C24H29N3O4/c1-4-12-26-18-7-5-6-8-19(18)27(23(26)29)13-11-22(28)25-24(2,3)17-9-10-20-21(16-17)31-15-14-30-20/h5-10,16H,4,11-15H2,1-3H3,(H,25,28). The van der Waals surface area contributed by atoms with Crippen LogP contribution in [0.15, 0.2) is 47.3 Å². The number of aromatic nitrogens is 2. The predicted octanol–water partition coefficient (Wildman–Crippen LogP) is 3.43. The Labute approximate surface area is 181 Å². The fourth-order valence-corrected chi connectivity index (χ4v) is 4.06. The molecule has 1 aromatic heterocycles. The molecule has 0 radical (unpaired) electrons. The van der Waals surface area contributed by atoms with E-state index in [-0.39, 0.29) is 18.0 Å². The number of rotatable bonds is 7. The van der Waals surface area contributed by atoms with Crippen molar-refractivity contribution in [3.63, 3.8) is 0 Å². The van der Waals surface area contributed by atoms with E-state index in [4.69, 9.17) is 9.47 Å². The second kappa shape index (κ2) is 8.49. The lowest BCUT2D eigenvalue weighted by Crippen LogP contribution is -2.41. The number of hydrogen-bond acceptors (Lipinski definition) is 4. The SMILES string of the molecule is CCCn1c(=O)n(CCC(=O)NC(C)(C)c2ccc3c(c2)OCCO3)c2ccccc21. The Morgan fingerprint density at radius 2 is 1.65 bits per heavy atom. The Bertz CT molecular complexity index is 1160. The van der Waals surface area contributed by atoms with Crippen LogP contribution in [-0.4, -0.2) is 28.3 Å². The van der Waals surface area contributed by atoms with E-state index in [0.717, 1.165) is 28.8 Å². The summed E-state index contributed by atoms with van der Waals surface area (Å²) >= 11 is 0. The van der Waals surface area contributed by atoms with E-state index in [0.29, 0.717) is 32.1 Å². The van der Waals surface area contributed by atoms with Crippen LogP contribution in [0.2, 0.25) is 0 Å². The number of amides is 1. The molecular weight excluding hydrogens is 394 g/mol. The first-order valence-corrected chi connectivity index (χ1v) is 10.8. The third-order valence-electron chi connectivity index (χ3n) is 5.65. The number of fused-ring (bicyclic) bond motifs is 2. The van der Waals surface area contributed by atoms with E-state index in [1.54, 1.807) is 9.13 Å². The monoisotopic (exact) mass is 423 g/mol. The number of hydrogen-bond donors (Lipinski definition) is 1. The maximum Gasteiger partial charge on any atom is 0.329 e. The van der Waals surface area contributed by atoms with Gasteiger partial charge in [-0.1, -0.05) is 25.1 Å². The van der Waals surface area contributed by atoms with E-state index >= 15 is 0 Å². The second-order valence-electron chi connectivity index (χ2n) is 8.36. The summed E-state index contributed by atoms with van der Waals surface area (Å²) in [5.41, 5.74) is 2.05. The minimum atomic E-state index is -0.589. The van der Waals surface area contributed by atoms with Crippen LogP contribution in [0.4, 0.5) is 0 Å². The van der Waals surface area contributed by atoms with Gasteiger partial charge >= 0.3 is 5.69 Å². The molecule has 0 saturated carbocycles. The molecule has 0 fully saturated rings. The van der Waals surface area contributed by atoms with Crippen LogP contribution >= 0.6 is 0 Å². The van der Waals surface area contributed by atoms with Crippen molar-refractivity contribution in [2.45, 2.75) is 52.2 Å². The van der Waals surface area contributed by atoms with Crippen LogP contribution in [-0.2, 0) is 23.4 Å². The molecule has 2 aromatic carbocycles. The lowest BCUT2D eigenvalue weighted by molar-refractivity contribution is -0.123. The Hall–Kier alpha value is -3.22. The van der Waals surface area contributed by atoms with Gasteiger partial charge < -0.3 is 14.8 Å². The zero-order valence-corrected chi connectivity index (χ0v) is 18.3. The fourth-order valence-electron chi connectivity index (χ4n) is 4.06. The van der Waals surface area contributed by atoms with Gasteiger partial charge in [-0.3, -0.25) is 13.9 Å². The molecule has 0 unspecified atom stereocenters. The van der Waals surface area contributed by atoms with E-state index in [1.807, 2.05) is 63.2 Å². The molecule has 0 spiro atoms. The first-order chi connectivity index (χ1) is 14.9. The molecule has 0 bridgehead atoms. The fraction of sp³-hybridized carbons (Fsp3) is 0.417. The van der Waals surface area contributed by atoms with Crippen molar-refractivity contribution in [1.29, 1.82) is 0 Å². The highest BCUT2D eigenvalue weighted by molar-refractivity contribution is 5.78. The first kappa shape index (κ1) is 21.0. The van der Waals surface area contributed by atoms with Crippen LogP contribution in [0.5, 0.6) is 11.5 Å². The van der Waals surface area contributed by atoms with Gasteiger partial charge in [-0.05, 0) is 50.1 Å². The maximum absolute atomic E-state index is 12.9. The zero-order chi connectivity index (χ0) is 22.0. The Kier molecular flexibility index (Phi) is 5.76. The summed E-state index contributed by atoms with van der Waals surface area (Å²) in [5, 5.41) is 3.09. The number of carbonyl (C=O) groups is 1. The van der Waals surface area contributed by atoms with Gasteiger partial charge in [0.2, 0.25) is 5.91 Å². The number of imidazole rings is 1. The average Bonchev–Trinajstić information content (AvgIpc) is 3.03. The van der Waals surface area contributed by atoms with Crippen LogP contribution in [0.3, 0.4) is 0 Å². The number of benzene rings is 2. The quantitative estimate of drug-likeness (QED) is 0.632. The van der Waals surface area contributed by atoms with E-state index < -0.39 is 5.54 Å². The summed E-state index contributed by atoms with van der Waals surface area (Å²) < 4.78 is 14.7. The minimum Gasteiger partial charge on any atom is -0.486 e. The Morgan fingerprint density at radius 1 is 1.00 bits per heavy atom. The van der Waals surface area contributed by atoms with Crippen molar-refractivity contribution in [2.75, 3.05) is 13.2 Å². The van der Waals surface area contributed by atoms with Crippen molar-refractivity contribution in [1.82, 2.24) is 14.5 Å². The summed E-state index contributed by atoms with van der Waals surface area (Å²) in [6.07, 6.45) is 1.09. The molecule has 164 valence electrons. The molecule has 1 aliphatic rings. The molecule has 1 amide bonds. The van der Waals surface area contributed by atoms with Crippen molar-refractivity contribution in [3.8, 4) is 11.5 Å². The third kappa shape index (κ3) is 4.17. The molecule has 2 heterocycles. The number of nitrogens with one attached hydrogen (secondary N) is 1. The second-order valence-corrected chi connectivity index (χ2v) is 8.36. The molecule has 31 heavy (non-hydrogen) atoms. The Balaban J connectivity index is 1.48. The van der Waals surface area contributed by atoms with Crippen molar-refractivity contribution >= 4 is 16.9 Å². The highest BCUT2D eigenvalue weighted by Crippen LogP contribution is 2.34. The summed E-state index contributed by atoms with van der Waals surface area (Å²) in [5.74, 6) is 1.31. The van der Waals surface area contributed by atoms with Crippen molar-refractivity contribution < 1.29 is 14.3 Å². The molecule has 1 N–H and O–H groups in total. The molecule has 0 saturated heterocycles. The highest BCUT2D eigenvalue weighted by atomic mass is 16.6. The third-order valence-corrected chi connectivity index (χ3v) is 5.65. The number of ether oxygens (including phenoxy) is 2. The predicted molar refractivity (Wildman–Crippen MR) is 120 cm³/mol. The lowest BCUT2D eigenvalue weighted by atomic mass is 9.93. The van der Waals surface area contributed by atoms with Gasteiger partial charge in [-0.2, -0.15) is 0 Å². The van der Waals surface area contributed by atoms with Gasteiger partial charge in [0, 0.05) is 19.5 Å². The van der Waals surface area contributed by atoms with E-state index in [9.17, 15) is 9.59 Å². The normalized spacial score (nSPS) is 13.4. The zero-order valence-electron chi connectivity index (χ0n) is 18.3. The van der Waals surface area contributed by atoms with Crippen LogP contribution in [0.1, 0.15) is 39.2 Å². The van der Waals surface area contributed by atoms with Gasteiger partial charge in [-0.15, -0.1) is 0 Å². The summed E-state index contributed by atoms with van der Waals surface area (Å²) in [4.78, 5) is 25.7. The first-order valence-electron chi connectivity index (χ1n) is 10.8. The highest BCUT2D eigenvalue weighted by Gasteiger charge is 2.25. The molecule has 3 aromatic rings. The smallest absolute Gasteiger partial charge is 0.329 e. The molecule has 1 aliphatic heterocycles. The summed E-state index contributed by atoms with van der Waals surface area (Å²) in [7, 11) is 0. The van der Waals surface area contributed by atoms with Crippen LogP contribution < -0.4 is 20.5 Å². The largest absolute Gasteiger partial charge is 0.486 e. The maximum atomic E-state index is 12.9. The molecular formula is C24H29N3O4. The number of nitrogens with zero attached hydrogens (tertiary/aromatic N) is 2. The molecule has 4 rings (SSSR count). The van der Waals surface area contributed by atoms with E-state index in [2.05, 4.69) is 5.32 Å². The number of para-hydroxylation sites is 2. The van der Waals surface area contributed by atoms with Gasteiger partial charge in [-0.25, -0.2) is 4.79 Å². The van der Waals surface area contributed by atoms with Gasteiger partial charge in [0.15, 0.2) is 11.5 Å². The van der Waals surface area contributed by atoms with Crippen LogP contribution in [0, 0.1) is 0 Å². The number of carbonyl (C=O) groups excluding carboxylic acids is 1. The van der Waals surface area contributed by atoms with Gasteiger partial charge in [0.25, 0.3) is 0 Å². The summed E-state index contributed by atoms with van der Waals surface area (Å²) in [6.45, 7) is 8.01. The number of aryl methyl sites for hydroxylation is 2. The van der Waals surface area contributed by atoms with Crippen LogP contribution in [0.25, 0.3) is 11.0 Å². The lowest BCUT2D eigenvalue weighted by Gasteiger charge is -2.28. The molecule has 7 heteroatoms. The van der Waals surface area contributed by atoms with Gasteiger partial charge in [0.1, 0.15) is 13.2 Å². The van der Waals surface area contributed by atoms with Crippen molar-refractivity contribution in [2.24, 2.45) is 0 Å².